The molecule has 1 fully saturated rings. The number of aromatic nitrogens is 3. The second-order valence-corrected chi connectivity index (χ2v) is 6.49. The van der Waals surface area contributed by atoms with Gasteiger partial charge in [-0.1, -0.05) is 6.42 Å². The van der Waals surface area contributed by atoms with Crippen LogP contribution in [0.15, 0.2) is 0 Å². The highest BCUT2D eigenvalue weighted by atomic mass is 16.2. The molecular weight excluding hydrogens is 294 g/mol. The molecule has 1 N–H and O–H groups in total. The minimum atomic E-state index is -0.00266. The molecule has 0 radical (unpaired) electrons. The van der Waals surface area contributed by atoms with E-state index >= 15 is 0 Å². The molecule has 0 aromatic carbocycles. The summed E-state index contributed by atoms with van der Waals surface area (Å²) < 4.78 is 2.16. The zero-order valence-corrected chi connectivity index (χ0v) is 13.8. The first-order chi connectivity index (χ1) is 11.1. The van der Waals surface area contributed by atoms with Crippen molar-refractivity contribution in [3.05, 3.63) is 11.6 Å². The van der Waals surface area contributed by atoms with Crippen molar-refractivity contribution in [2.75, 3.05) is 13.1 Å². The molecule has 2 aliphatic heterocycles. The van der Waals surface area contributed by atoms with Crippen LogP contribution in [0.4, 0.5) is 0 Å². The van der Waals surface area contributed by atoms with Crippen molar-refractivity contribution in [1.29, 1.82) is 0 Å². The number of rotatable bonds is 3. The second kappa shape index (κ2) is 7.10. The fraction of sp³-hybridized carbons (Fsp3) is 0.750. The minimum Gasteiger partial charge on any atom is -0.349 e. The normalized spacial score (nSPS) is 19.1. The first kappa shape index (κ1) is 16.0. The van der Waals surface area contributed by atoms with Crippen LogP contribution in [0.2, 0.25) is 0 Å². The number of carbonyl (C=O) groups excluding carboxylic acids is 2. The van der Waals surface area contributed by atoms with Crippen molar-refractivity contribution >= 4 is 11.8 Å². The number of aryl methyl sites for hydroxylation is 1. The molecule has 23 heavy (non-hydrogen) atoms. The number of fused-ring (bicyclic) bond motifs is 1. The van der Waals surface area contributed by atoms with E-state index in [0.29, 0.717) is 19.6 Å². The lowest BCUT2D eigenvalue weighted by Crippen LogP contribution is -2.42. The van der Waals surface area contributed by atoms with Crippen LogP contribution in [0.25, 0.3) is 0 Å². The van der Waals surface area contributed by atoms with E-state index in [4.69, 9.17) is 0 Å². The summed E-state index contributed by atoms with van der Waals surface area (Å²) in [6, 6.07) is 0. The predicted molar refractivity (Wildman–Crippen MR) is 84.4 cm³/mol. The fourth-order valence-electron chi connectivity index (χ4n) is 3.44. The Balaban J connectivity index is 1.52. The smallest absolute Gasteiger partial charge is 0.223 e. The van der Waals surface area contributed by atoms with Crippen molar-refractivity contribution in [1.82, 2.24) is 25.0 Å². The predicted octanol–water partition coefficient (Wildman–Crippen LogP) is 0.879. The third-order valence-electron chi connectivity index (χ3n) is 4.92. The maximum atomic E-state index is 12.3. The Labute approximate surface area is 136 Å². The summed E-state index contributed by atoms with van der Waals surface area (Å²) >= 11 is 0. The van der Waals surface area contributed by atoms with Gasteiger partial charge in [0.05, 0.1) is 6.54 Å². The molecule has 7 heteroatoms. The molecule has 0 aliphatic carbocycles. The molecule has 1 aromatic heterocycles. The van der Waals surface area contributed by atoms with Crippen LogP contribution in [-0.4, -0.2) is 44.6 Å². The number of nitrogens with one attached hydrogen (secondary N) is 1. The number of hydrogen-bond acceptors (Lipinski definition) is 4. The Morgan fingerprint density at radius 2 is 1.91 bits per heavy atom. The molecule has 3 heterocycles. The summed E-state index contributed by atoms with van der Waals surface area (Å²) in [5.74, 6) is 2.06. The van der Waals surface area contributed by atoms with Crippen LogP contribution in [-0.2, 0) is 29.1 Å². The highest BCUT2D eigenvalue weighted by molar-refractivity contribution is 5.79. The lowest BCUT2D eigenvalue weighted by Gasteiger charge is -2.30. The lowest BCUT2D eigenvalue weighted by atomic mass is 9.96. The van der Waals surface area contributed by atoms with Gasteiger partial charge in [0.2, 0.25) is 11.8 Å². The van der Waals surface area contributed by atoms with Crippen molar-refractivity contribution in [2.24, 2.45) is 5.92 Å². The third-order valence-corrected chi connectivity index (χ3v) is 4.92. The Bertz CT molecular complexity index is 575. The Hall–Kier alpha value is -1.92. The Morgan fingerprint density at radius 1 is 1.13 bits per heavy atom. The average molecular weight is 319 g/mol. The average Bonchev–Trinajstić information content (AvgIpc) is 2.79. The van der Waals surface area contributed by atoms with Crippen molar-refractivity contribution in [2.45, 2.75) is 58.5 Å². The molecule has 126 valence electrons. The summed E-state index contributed by atoms with van der Waals surface area (Å²) in [5.41, 5.74) is 0. The van der Waals surface area contributed by atoms with E-state index in [9.17, 15) is 9.59 Å². The molecule has 0 spiro atoms. The monoisotopic (exact) mass is 319 g/mol. The first-order valence-electron chi connectivity index (χ1n) is 8.59. The number of carbonyl (C=O) groups is 2. The van der Waals surface area contributed by atoms with E-state index in [1.807, 2.05) is 4.90 Å². The molecule has 0 saturated carbocycles. The van der Waals surface area contributed by atoms with Crippen LogP contribution in [0.1, 0.15) is 50.7 Å². The number of likely N-dealkylation sites (tertiary alicyclic amines) is 1. The van der Waals surface area contributed by atoms with Crippen LogP contribution in [0.3, 0.4) is 0 Å². The minimum absolute atomic E-state index is 0.00266. The SMILES string of the molecule is CC(=O)N1CCC(C(=O)NCc2nnc3n2CCCCC3)CC1. The molecule has 7 nitrogen and oxygen atoms in total. The van der Waals surface area contributed by atoms with Gasteiger partial charge in [-0.05, 0) is 25.7 Å². The van der Waals surface area contributed by atoms with Gasteiger partial charge in [-0.25, -0.2) is 0 Å². The standard InChI is InChI=1S/C16H25N5O2/c1-12(22)20-9-6-13(7-10-20)16(23)17-11-15-19-18-14-5-3-2-4-8-21(14)15/h13H,2-11H2,1H3,(H,17,23). The zero-order chi connectivity index (χ0) is 16.2. The Morgan fingerprint density at radius 3 is 2.65 bits per heavy atom. The fourth-order valence-corrected chi connectivity index (χ4v) is 3.44. The van der Waals surface area contributed by atoms with Gasteiger partial charge in [0.1, 0.15) is 5.82 Å². The number of nitrogens with zero attached hydrogens (tertiary/aromatic N) is 4. The summed E-state index contributed by atoms with van der Waals surface area (Å²) in [7, 11) is 0. The molecule has 1 saturated heterocycles. The van der Waals surface area contributed by atoms with Crippen LogP contribution >= 0.6 is 0 Å². The van der Waals surface area contributed by atoms with Gasteiger partial charge in [0.25, 0.3) is 0 Å². The van der Waals surface area contributed by atoms with Gasteiger partial charge in [-0.2, -0.15) is 0 Å². The van der Waals surface area contributed by atoms with Gasteiger partial charge in [0, 0.05) is 38.9 Å². The van der Waals surface area contributed by atoms with Crippen LogP contribution in [0, 0.1) is 5.92 Å². The summed E-state index contributed by atoms with van der Waals surface area (Å²) in [4.78, 5) is 25.5. The van der Waals surface area contributed by atoms with Crippen LogP contribution < -0.4 is 5.32 Å². The van der Waals surface area contributed by atoms with E-state index in [1.54, 1.807) is 6.92 Å². The lowest BCUT2D eigenvalue weighted by molar-refractivity contribution is -0.134. The molecule has 3 rings (SSSR count). The van der Waals surface area contributed by atoms with E-state index in [1.165, 1.54) is 12.8 Å². The zero-order valence-electron chi connectivity index (χ0n) is 13.8. The third kappa shape index (κ3) is 3.71. The quantitative estimate of drug-likeness (QED) is 0.897. The van der Waals surface area contributed by atoms with Gasteiger partial charge in [-0.3, -0.25) is 9.59 Å². The maximum Gasteiger partial charge on any atom is 0.223 e. The molecule has 0 bridgehead atoms. The summed E-state index contributed by atoms with van der Waals surface area (Å²) in [6.45, 7) is 4.32. The molecule has 1 aromatic rings. The van der Waals surface area contributed by atoms with Crippen LogP contribution in [0.5, 0.6) is 0 Å². The highest BCUT2D eigenvalue weighted by Gasteiger charge is 2.26. The van der Waals surface area contributed by atoms with E-state index in [0.717, 1.165) is 43.9 Å². The van der Waals surface area contributed by atoms with Crippen molar-refractivity contribution in [3.8, 4) is 0 Å². The largest absolute Gasteiger partial charge is 0.349 e. The topological polar surface area (TPSA) is 80.1 Å². The molecule has 2 aliphatic rings. The van der Waals surface area contributed by atoms with Crippen molar-refractivity contribution in [3.63, 3.8) is 0 Å². The maximum absolute atomic E-state index is 12.3. The molecule has 0 unspecified atom stereocenters. The summed E-state index contributed by atoms with van der Waals surface area (Å²) in [6.07, 6.45) is 6.00. The molecule has 0 atom stereocenters. The van der Waals surface area contributed by atoms with Gasteiger partial charge < -0.3 is 14.8 Å². The van der Waals surface area contributed by atoms with E-state index < -0.39 is 0 Å². The van der Waals surface area contributed by atoms with Gasteiger partial charge >= 0.3 is 0 Å². The van der Waals surface area contributed by atoms with E-state index in [-0.39, 0.29) is 17.7 Å². The van der Waals surface area contributed by atoms with Gasteiger partial charge in [0.15, 0.2) is 5.82 Å². The summed E-state index contributed by atoms with van der Waals surface area (Å²) in [5, 5.41) is 11.5. The number of amides is 2. The Kier molecular flexibility index (Phi) is 4.93. The first-order valence-corrected chi connectivity index (χ1v) is 8.59. The second-order valence-electron chi connectivity index (χ2n) is 6.49. The van der Waals surface area contributed by atoms with E-state index in [2.05, 4.69) is 20.1 Å². The van der Waals surface area contributed by atoms with Gasteiger partial charge in [-0.15, -0.1) is 10.2 Å². The molecule has 2 amide bonds. The number of piperidine rings is 1. The number of hydrogen-bond donors (Lipinski definition) is 1. The highest BCUT2D eigenvalue weighted by Crippen LogP contribution is 2.18. The van der Waals surface area contributed by atoms with Crippen molar-refractivity contribution < 1.29 is 9.59 Å². The molecular formula is C16H25N5O2.